The third-order valence-corrected chi connectivity index (χ3v) is 6.10. The van der Waals surface area contributed by atoms with Crippen molar-refractivity contribution in [2.75, 3.05) is 6.54 Å². The van der Waals surface area contributed by atoms with Gasteiger partial charge in [-0.3, -0.25) is 9.38 Å². The quantitative estimate of drug-likeness (QED) is 0.435. The van der Waals surface area contributed by atoms with Crippen molar-refractivity contribution in [3.8, 4) is 17.0 Å². The number of aryl methyl sites for hydroxylation is 1. The molecular formula is C26H28N4O. The molecule has 0 unspecified atom stereocenters. The van der Waals surface area contributed by atoms with Crippen molar-refractivity contribution in [1.82, 2.24) is 14.4 Å². The number of nitrogens with two attached hydrogens (primary N) is 1. The summed E-state index contributed by atoms with van der Waals surface area (Å²) in [6.45, 7) is 1.20. The monoisotopic (exact) mass is 412 g/mol. The smallest absolute Gasteiger partial charge is 0.120 e. The molecule has 158 valence electrons. The molecule has 0 radical (unpaired) electrons. The number of benzene rings is 2. The SMILES string of the molecule is NCCCc1nccn2c(C3CCC3)nc(-c3cccc(OCc4ccccc4)c3)c12. The van der Waals surface area contributed by atoms with E-state index in [1.54, 1.807) is 0 Å². The molecule has 2 N–H and O–H groups in total. The van der Waals surface area contributed by atoms with Crippen molar-refractivity contribution in [2.45, 2.75) is 44.6 Å². The fourth-order valence-electron chi connectivity index (χ4n) is 4.21. The normalized spacial score (nSPS) is 14.0. The Morgan fingerprint density at radius 1 is 1.06 bits per heavy atom. The molecule has 2 aromatic carbocycles. The average molecular weight is 413 g/mol. The fourth-order valence-corrected chi connectivity index (χ4v) is 4.21. The topological polar surface area (TPSA) is 65.4 Å². The van der Waals surface area contributed by atoms with Gasteiger partial charge in [-0.15, -0.1) is 0 Å². The van der Waals surface area contributed by atoms with Crippen molar-refractivity contribution in [3.63, 3.8) is 0 Å². The lowest BCUT2D eigenvalue weighted by atomic mass is 9.85. The van der Waals surface area contributed by atoms with Crippen LogP contribution >= 0.6 is 0 Å². The molecule has 0 bridgehead atoms. The van der Waals surface area contributed by atoms with Gasteiger partial charge in [0.15, 0.2) is 0 Å². The summed E-state index contributed by atoms with van der Waals surface area (Å²) >= 11 is 0. The Labute approximate surface area is 182 Å². The Bertz CT molecular complexity index is 1160. The molecule has 5 nitrogen and oxygen atoms in total. The van der Waals surface area contributed by atoms with E-state index in [1.165, 1.54) is 19.3 Å². The first-order valence-corrected chi connectivity index (χ1v) is 11.2. The number of hydrogen-bond donors (Lipinski definition) is 1. The average Bonchev–Trinajstić information content (AvgIpc) is 3.16. The van der Waals surface area contributed by atoms with Gasteiger partial charge in [0, 0.05) is 23.9 Å². The zero-order valence-electron chi connectivity index (χ0n) is 17.7. The zero-order valence-corrected chi connectivity index (χ0v) is 17.7. The van der Waals surface area contributed by atoms with Crippen LogP contribution in [0.25, 0.3) is 16.8 Å². The number of rotatable bonds is 8. The molecule has 4 aromatic rings. The minimum atomic E-state index is 0.531. The Kier molecular flexibility index (Phi) is 5.67. The molecule has 0 aliphatic heterocycles. The van der Waals surface area contributed by atoms with Gasteiger partial charge in [-0.25, -0.2) is 4.98 Å². The maximum absolute atomic E-state index is 6.08. The second-order valence-corrected chi connectivity index (χ2v) is 8.23. The first-order chi connectivity index (χ1) is 15.3. The number of nitrogens with zero attached hydrogens (tertiary/aromatic N) is 3. The van der Waals surface area contributed by atoms with Crippen molar-refractivity contribution < 1.29 is 4.74 Å². The van der Waals surface area contributed by atoms with E-state index in [-0.39, 0.29) is 0 Å². The maximum Gasteiger partial charge on any atom is 0.120 e. The molecule has 5 rings (SSSR count). The zero-order chi connectivity index (χ0) is 21.0. The molecule has 1 saturated carbocycles. The predicted octanol–water partition coefficient (Wildman–Crippen LogP) is 5.13. The third kappa shape index (κ3) is 4.06. The van der Waals surface area contributed by atoms with E-state index in [0.29, 0.717) is 19.1 Å². The van der Waals surface area contributed by atoms with Crippen LogP contribution in [0.5, 0.6) is 5.75 Å². The maximum atomic E-state index is 6.08. The summed E-state index contributed by atoms with van der Waals surface area (Å²) in [5.41, 5.74) is 11.2. The Morgan fingerprint density at radius 2 is 1.94 bits per heavy atom. The number of aromatic nitrogens is 3. The number of ether oxygens (including phenoxy) is 1. The van der Waals surface area contributed by atoms with E-state index in [2.05, 4.69) is 34.9 Å². The van der Waals surface area contributed by atoms with Gasteiger partial charge in [-0.2, -0.15) is 0 Å². The molecule has 31 heavy (non-hydrogen) atoms. The standard InChI is InChI=1S/C26H28N4O/c27-14-6-13-23-25-24(29-26(20-9-4-10-20)30(25)16-15-28-23)21-11-5-12-22(17-21)31-18-19-7-2-1-3-8-19/h1-3,5,7-8,11-12,15-17,20H,4,6,9-10,13-14,18,27H2. The van der Waals surface area contributed by atoms with Crippen molar-refractivity contribution in [1.29, 1.82) is 0 Å². The molecule has 2 aromatic heterocycles. The lowest BCUT2D eigenvalue weighted by molar-refractivity contribution is 0.306. The number of fused-ring (bicyclic) bond motifs is 1. The van der Waals surface area contributed by atoms with Crippen LogP contribution in [0.1, 0.15) is 48.7 Å². The molecule has 1 aliphatic rings. The Hall–Kier alpha value is -3.18. The summed E-state index contributed by atoms with van der Waals surface area (Å²) in [5.74, 6) is 2.53. The van der Waals surface area contributed by atoms with Gasteiger partial charge in [-0.05, 0) is 49.9 Å². The summed E-state index contributed by atoms with van der Waals surface area (Å²) in [4.78, 5) is 9.84. The van der Waals surface area contributed by atoms with Crippen molar-refractivity contribution in [2.24, 2.45) is 5.73 Å². The molecule has 0 atom stereocenters. The summed E-state index contributed by atoms with van der Waals surface area (Å²) < 4.78 is 8.34. The van der Waals surface area contributed by atoms with Crippen LogP contribution in [0.4, 0.5) is 0 Å². The molecule has 0 spiro atoms. The molecule has 0 saturated heterocycles. The van der Waals surface area contributed by atoms with Gasteiger partial charge in [0.25, 0.3) is 0 Å². The molecule has 0 amide bonds. The summed E-state index contributed by atoms with van der Waals surface area (Å²) in [6.07, 6.45) is 9.42. The van der Waals surface area contributed by atoms with Crippen LogP contribution in [-0.2, 0) is 13.0 Å². The van der Waals surface area contributed by atoms with E-state index in [1.807, 2.05) is 36.5 Å². The van der Waals surface area contributed by atoms with E-state index in [9.17, 15) is 0 Å². The van der Waals surface area contributed by atoms with Gasteiger partial charge in [0.1, 0.15) is 18.2 Å². The molecule has 2 heterocycles. The van der Waals surface area contributed by atoms with E-state index >= 15 is 0 Å². The van der Waals surface area contributed by atoms with Gasteiger partial charge >= 0.3 is 0 Å². The third-order valence-electron chi connectivity index (χ3n) is 6.10. The van der Waals surface area contributed by atoms with Crippen molar-refractivity contribution >= 4 is 5.52 Å². The van der Waals surface area contributed by atoms with Gasteiger partial charge in [0.05, 0.1) is 16.9 Å². The summed E-state index contributed by atoms with van der Waals surface area (Å²) in [6, 6.07) is 18.5. The minimum Gasteiger partial charge on any atom is -0.489 e. The number of imidazole rings is 1. The van der Waals surface area contributed by atoms with Gasteiger partial charge in [0.2, 0.25) is 0 Å². The largest absolute Gasteiger partial charge is 0.489 e. The number of hydrogen-bond acceptors (Lipinski definition) is 4. The first-order valence-electron chi connectivity index (χ1n) is 11.2. The highest BCUT2D eigenvalue weighted by molar-refractivity contribution is 5.80. The fraction of sp³-hybridized carbons (Fsp3) is 0.308. The highest BCUT2D eigenvalue weighted by atomic mass is 16.5. The molecule has 1 aliphatic carbocycles. The van der Waals surface area contributed by atoms with E-state index in [4.69, 9.17) is 20.4 Å². The summed E-state index contributed by atoms with van der Waals surface area (Å²) in [7, 11) is 0. The lowest BCUT2D eigenvalue weighted by Crippen LogP contribution is -2.12. The van der Waals surface area contributed by atoms with Gasteiger partial charge < -0.3 is 10.5 Å². The Balaban J connectivity index is 1.53. The van der Waals surface area contributed by atoms with Crippen LogP contribution in [0, 0.1) is 0 Å². The highest BCUT2D eigenvalue weighted by Crippen LogP contribution is 2.39. The van der Waals surface area contributed by atoms with E-state index in [0.717, 1.165) is 52.4 Å². The van der Waals surface area contributed by atoms with Crippen LogP contribution in [0.2, 0.25) is 0 Å². The van der Waals surface area contributed by atoms with Crippen LogP contribution < -0.4 is 10.5 Å². The van der Waals surface area contributed by atoms with Gasteiger partial charge in [-0.1, -0.05) is 48.9 Å². The lowest BCUT2D eigenvalue weighted by Gasteiger charge is -2.24. The van der Waals surface area contributed by atoms with Crippen LogP contribution in [0.3, 0.4) is 0 Å². The van der Waals surface area contributed by atoms with Crippen LogP contribution in [-0.4, -0.2) is 20.9 Å². The predicted molar refractivity (Wildman–Crippen MR) is 123 cm³/mol. The Morgan fingerprint density at radius 3 is 2.71 bits per heavy atom. The van der Waals surface area contributed by atoms with Crippen LogP contribution in [0.15, 0.2) is 67.0 Å². The second-order valence-electron chi connectivity index (χ2n) is 8.23. The first kappa shape index (κ1) is 19.8. The minimum absolute atomic E-state index is 0.531. The second kappa shape index (κ2) is 8.90. The molecule has 5 heteroatoms. The van der Waals surface area contributed by atoms with Crippen molar-refractivity contribution in [3.05, 3.63) is 84.1 Å². The van der Waals surface area contributed by atoms with E-state index < -0.39 is 0 Å². The summed E-state index contributed by atoms with van der Waals surface area (Å²) in [5, 5.41) is 0. The molecular weight excluding hydrogens is 384 g/mol. The highest BCUT2D eigenvalue weighted by Gasteiger charge is 2.27. The molecule has 1 fully saturated rings.